The Morgan fingerprint density at radius 3 is 2.55 bits per heavy atom. The normalized spacial score (nSPS) is 10.4. The van der Waals surface area contributed by atoms with Gasteiger partial charge in [0.2, 0.25) is 0 Å². The van der Waals surface area contributed by atoms with E-state index in [4.69, 9.17) is 0 Å². The highest BCUT2D eigenvalue weighted by atomic mass is 19.1. The van der Waals surface area contributed by atoms with E-state index in [2.05, 4.69) is 0 Å². The predicted octanol–water partition coefficient (Wildman–Crippen LogP) is 0.639. The standard InChI is InChI=1S/C7H11FN2O/c1-2-9-5-6-10(4-3-8)7(9)11/h5-6H,2-4H2,1H3. The average Bonchev–Trinajstić information content (AvgIpc) is 2.34. The second-order valence-corrected chi connectivity index (χ2v) is 2.25. The number of hydrogen-bond donors (Lipinski definition) is 0. The molecule has 3 nitrogen and oxygen atoms in total. The van der Waals surface area contributed by atoms with Crippen molar-refractivity contribution in [2.24, 2.45) is 0 Å². The van der Waals surface area contributed by atoms with Gasteiger partial charge in [-0.2, -0.15) is 0 Å². The van der Waals surface area contributed by atoms with Crippen LogP contribution in [-0.2, 0) is 13.1 Å². The lowest BCUT2D eigenvalue weighted by Gasteiger charge is -1.94. The number of alkyl halides is 1. The summed E-state index contributed by atoms with van der Waals surface area (Å²) in [4.78, 5) is 11.1. The molecule has 1 aromatic heterocycles. The van der Waals surface area contributed by atoms with E-state index in [9.17, 15) is 9.18 Å². The van der Waals surface area contributed by atoms with Crippen molar-refractivity contribution in [3.63, 3.8) is 0 Å². The zero-order valence-corrected chi connectivity index (χ0v) is 6.46. The summed E-state index contributed by atoms with van der Waals surface area (Å²) in [6.07, 6.45) is 3.27. The molecule has 0 saturated heterocycles. The van der Waals surface area contributed by atoms with Crippen molar-refractivity contribution >= 4 is 0 Å². The van der Waals surface area contributed by atoms with Gasteiger partial charge in [0.05, 0.1) is 6.54 Å². The zero-order chi connectivity index (χ0) is 8.27. The fraction of sp³-hybridized carbons (Fsp3) is 0.571. The Morgan fingerprint density at radius 2 is 2.09 bits per heavy atom. The Balaban J connectivity index is 2.92. The van der Waals surface area contributed by atoms with Crippen molar-refractivity contribution in [1.82, 2.24) is 9.13 Å². The number of hydrogen-bond acceptors (Lipinski definition) is 1. The number of aryl methyl sites for hydroxylation is 2. The first-order valence-corrected chi connectivity index (χ1v) is 3.61. The van der Waals surface area contributed by atoms with Gasteiger partial charge in [0.1, 0.15) is 6.67 Å². The fourth-order valence-corrected chi connectivity index (χ4v) is 0.955. The smallest absolute Gasteiger partial charge is 0.300 e. The Bertz CT molecular complexity index is 276. The molecule has 1 heterocycles. The molecule has 0 saturated carbocycles. The summed E-state index contributed by atoms with van der Waals surface area (Å²) >= 11 is 0. The third-order valence-corrected chi connectivity index (χ3v) is 1.58. The SMILES string of the molecule is CCn1ccn(CCF)c1=O. The van der Waals surface area contributed by atoms with E-state index < -0.39 is 6.67 Å². The molecule has 0 unspecified atom stereocenters. The van der Waals surface area contributed by atoms with E-state index in [0.717, 1.165) is 0 Å². The van der Waals surface area contributed by atoms with Gasteiger partial charge in [0.15, 0.2) is 0 Å². The first-order chi connectivity index (χ1) is 5.29. The molecule has 0 radical (unpaired) electrons. The van der Waals surface area contributed by atoms with E-state index in [1.54, 1.807) is 12.4 Å². The molecule has 0 spiro atoms. The van der Waals surface area contributed by atoms with Gasteiger partial charge in [-0.3, -0.25) is 9.13 Å². The van der Waals surface area contributed by atoms with E-state index in [1.807, 2.05) is 6.92 Å². The van der Waals surface area contributed by atoms with Crippen LogP contribution in [0.2, 0.25) is 0 Å². The molecule has 0 atom stereocenters. The van der Waals surface area contributed by atoms with Crippen LogP contribution in [0.5, 0.6) is 0 Å². The molecule has 0 aromatic carbocycles. The van der Waals surface area contributed by atoms with Crippen molar-refractivity contribution < 1.29 is 4.39 Å². The number of rotatable bonds is 3. The first kappa shape index (κ1) is 8.04. The first-order valence-electron chi connectivity index (χ1n) is 3.61. The number of halogens is 1. The molecular weight excluding hydrogens is 147 g/mol. The van der Waals surface area contributed by atoms with Gasteiger partial charge in [0, 0.05) is 18.9 Å². The summed E-state index contributed by atoms with van der Waals surface area (Å²) in [5.74, 6) is 0. The molecule has 0 amide bonds. The number of imidazole rings is 1. The minimum Gasteiger partial charge on any atom is -0.300 e. The molecule has 0 fully saturated rings. The van der Waals surface area contributed by atoms with Crippen molar-refractivity contribution in [3.05, 3.63) is 22.9 Å². The Kier molecular flexibility index (Phi) is 2.46. The lowest BCUT2D eigenvalue weighted by molar-refractivity contribution is 0.437. The Hall–Kier alpha value is -1.06. The minimum absolute atomic E-state index is 0.134. The van der Waals surface area contributed by atoms with Crippen LogP contribution in [0.4, 0.5) is 4.39 Å². The highest BCUT2D eigenvalue weighted by molar-refractivity contribution is 4.80. The van der Waals surface area contributed by atoms with Crippen LogP contribution in [0.25, 0.3) is 0 Å². The molecule has 11 heavy (non-hydrogen) atoms. The van der Waals surface area contributed by atoms with E-state index in [-0.39, 0.29) is 12.2 Å². The number of nitrogens with zero attached hydrogens (tertiary/aromatic N) is 2. The second-order valence-electron chi connectivity index (χ2n) is 2.25. The maximum atomic E-state index is 11.8. The molecule has 0 aliphatic heterocycles. The minimum atomic E-state index is -0.492. The highest BCUT2D eigenvalue weighted by Crippen LogP contribution is 1.85. The molecule has 0 aliphatic carbocycles. The Labute approximate surface area is 64.1 Å². The van der Waals surface area contributed by atoms with E-state index >= 15 is 0 Å². The summed E-state index contributed by atoms with van der Waals surface area (Å²) in [5.41, 5.74) is -0.134. The largest absolute Gasteiger partial charge is 0.328 e. The lowest BCUT2D eigenvalue weighted by atomic mass is 10.7. The molecule has 0 aliphatic rings. The fourth-order valence-electron chi connectivity index (χ4n) is 0.955. The van der Waals surface area contributed by atoms with Crippen LogP contribution in [-0.4, -0.2) is 15.8 Å². The predicted molar refractivity (Wildman–Crippen MR) is 40.3 cm³/mol. The number of aromatic nitrogens is 2. The molecule has 0 N–H and O–H groups in total. The maximum absolute atomic E-state index is 11.8. The summed E-state index contributed by atoms with van der Waals surface area (Å²) in [7, 11) is 0. The van der Waals surface area contributed by atoms with Gasteiger partial charge >= 0.3 is 5.69 Å². The molecule has 62 valence electrons. The van der Waals surface area contributed by atoms with Crippen LogP contribution in [0.15, 0.2) is 17.2 Å². The topological polar surface area (TPSA) is 26.9 Å². The molecule has 0 bridgehead atoms. The van der Waals surface area contributed by atoms with Crippen LogP contribution >= 0.6 is 0 Å². The molecule has 1 rings (SSSR count). The monoisotopic (exact) mass is 158 g/mol. The summed E-state index contributed by atoms with van der Waals surface area (Å²) in [6, 6.07) is 0. The summed E-state index contributed by atoms with van der Waals surface area (Å²) < 4.78 is 14.7. The third-order valence-electron chi connectivity index (χ3n) is 1.58. The van der Waals surface area contributed by atoms with Gasteiger partial charge in [-0.15, -0.1) is 0 Å². The van der Waals surface area contributed by atoms with Crippen LogP contribution < -0.4 is 5.69 Å². The third kappa shape index (κ3) is 1.50. The van der Waals surface area contributed by atoms with E-state index in [1.165, 1.54) is 9.13 Å². The summed E-state index contributed by atoms with van der Waals surface area (Å²) in [5, 5.41) is 0. The maximum Gasteiger partial charge on any atom is 0.328 e. The lowest BCUT2D eigenvalue weighted by Crippen LogP contribution is -2.23. The van der Waals surface area contributed by atoms with Gasteiger partial charge in [-0.05, 0) is 6.92 Å². The van der Waals surface area contributed by atoms with E-state index in [0.29, 0.717) is 6.54 Å². The molecule has 1 aromatic rings. The van der Waals surface area contributed by atoms with Crippen LogP contribution in [0.3, 0.4) is 0 Å². The van der Waals surface area contributed by atoms with Gasteiger partial charge in [-0.25, -0.2) is 9.18 Å². The second kappa shape index (κ2) is 3.37. The summed E-state index contributed by atoms with van der Waals surface area (Å²) in [6.45, 7) is 2.18. The van der Waals surface area contributed by atoms with Gasteiger partial charge in [-0.1, -0.05) is 0 Å². The average molecular weight is 158 g/mol. The zero-order valence-electron chi connectivity index (χ0n) is 6.46. The van der Waals surface area contributed by atoms with Crippen LogP contribution in [0, 0.1) is 0 Å². The highest BCUT2D eigenvalue weighted by Gasteiger charge is 1.98. The van der Waals surface area contributed by atoms with Crippen molar-refractivity contribution in [1.29, 1.82) is 0 Å². The van der Waals surface area contributed by atoms with Crippen molar-refractivity contribution in [2.75, 3.05) is 6.67 Å². The Morgan fingerprint density at radius 1 is 1.45 bits per heavy atom. The van der Waals surface area contributed by atoms with Crippen molar-refractivity contribution in [2.45, 2.75) is 20.0 Å². The van der Waals surface area contributed by atoms with Crippen molar-refractivity contribution in [3.8, 4) is 0 Å². The molecule has 4 heteroatoms. The molecular formula is C7H11FN2O. The van der Waals surface area contributed by atoms with Gasteiger partial charge < -0.3 is 0 Å². The quantitative estimate of drug-likeness (QED) is 0.634. The van der Waals surface area contributed by atoms with Crippen LogP contribution in [0.1, 0.15) is 6.92 Å². The van der Waals surface area contributed by atoms with Gasteiger partial charge in [0.25, 0.3) is 0 Å².